The van der Waals surface area contributed by atoms with E-state index in [0.29, 0.717) is 18.1 Å². The molecule has 6 rings (SSSR count). The minimum atomic E-state index is -0.968. The van der Waals surface area contributed by atoms with Crippen molar-refractivity contribution >= 4 is 23.3 Å². The Labute approximate surface area is 213 Å². The number of aliphatic hydroxyl groups is 1. The topological polar surface area (TPSA) is 72.8 Å². The van der Waals surface area contributed by atoms with Gasteiger partial charge < -0.3 is 14.6 Å². The molecule has 0 bridgehead atoms. The Hall–Kier alpha value is -0.950. The molecular formula is C29H40O5S. The molecule has 5 aliphatic carbocycles. The molecule has 0 aromatic rings. The summed E-state index contributed by atoms with van der Waals surface area (Å²) in [5, 5.41) is 11.8. The van der Waals surface area contributed by atoms with E-state index in [1.54, 1.807) is 23.9 Å². The van der Waals surface area contributed by atoms with E-state index in [-0.39, 0.29) is 47.1 Å². The molecule has 192 valence electrons. The maximum atomic E-state index is 14.0. The summed E-state index contributed by atoms with van der Waals surface area (Å²) in [5.41, 5.74) is -0.576. The van der Waals surface area contributed by atoms with Gasteiger partial charge >= 0.3 is 0 Å². The molecule has 5 nitrogen and oxygen atoms in total. The Morgan fingerprint density at radius 1 is 1.20 bits per heavy atom. The van der Waals surface area contributed by atoms with Crippen molar-refractivity contribution in [3.05, 3.63) is 23.8 Å². The number of rotatable bonds is 4. The van der Waals surface area contributed by atoms with Gasteiger partial charge in [0.2, 0.25) is 0 Å². The van der Waals surface area contributed by atoms with Crippen LogP contribution in [0.2, 0.25) is 0 Å². The monoisotopic (exact) mass is 500 g/mol. The zero-order valence-corrected chi connectivity index (χ0v) is 22.1. The van der Waals surface area contributed by atoms with Crippen molar-refractivity contribution in [2.24, 2.45) is 34.5 Å². The van der Waals surface area contributed by atoms with Crippen LogP contribution >= 0.6 is 11.8 Å². The lowest BCUT2D eigenvalue weighted by Gasteiger charge is -2.59. The van der Waals surface area contributed by atoms with E-state index in [1.165, 1.54) is 19.3 Å². The summed E-state index contributed by atoms with van der Waals surface area (Å²) in [4.78, 5) is 26.1. The summed E-state index contributed by atoms with van der Waals surface area (Å²) in [5.74, 6) is 1.55. The van der Waals surface area contributed by atoms with Gasteiger partial charge in [-0.2, -0.15) is 11.8 Å². The number of Topliss-reactive ketones (excluding diaryl/α,β-unsaturated/α-hetero) is 1. The van der Waals surface area contributed by atoms with Gasteiger partial charge in [-0.1, -0.05) is 44.8 Å². The molecular weight excluding hydrogens is 460 g/mol. The third-order valence-electron chi connectivity index (χ3n) is 11.0. The minimum absolute atomic E-state index is 0.0468. The number of carbonyl (C=O) groups is 2. The van der Waals surface area contributed by atoms with Crippen molar-refractivity contribution in [2.45, 2.75) is 95.7 Å². The maximum Gasteiger partial charge on any atom is 0.178 e. The van der Waals surface area contributed by atoms with Crippen molar-refractivity contribution < 1.29 is 24.2 Å². The molecule has 4 saturated carbocycles. The Kier molecular flexibility index (Phi) is 5.95. The summed E-state index contributed by atoms with van der Waals surface area (Å²) in [6, 6.07) is 0. The Bertz CT molecular complexity index is 968. The standard InChI is InChI=1S/C29H40O5S/c1-27-12-11-19(30)13-18(27)9-10-20-21-14-24-29(23(32)16-35-3,28(21,2)15-22(31)25(20)27)34-26(33-24)17-7-5-4-6-8-17/h11-13,17,20-22,24-26,31H,4-10,14-16H2,1-3H3/t20-,21-,22-,24+,25+,26+,27-,28-,29+/m0/s1. The molecule has 35 heavy (non-hydrogen) atoms. The van der Waals surface area contributed by atoms with Crippen LogP contribution in [0.25, 0.3) is 0 Å². The van der Waals surface area contributed by atoms with E-state index in [1.807, 2.05) is 12.3 Å². The third-order valence-corrected chi connectivity index (χ3v) is 11.5. The zero-order chi connectivity index (χ0) is 24.6. The second-order valence-corrected chi connectivity index (χ2v) is 13.4. The quantitative estimate of drug-likeness (QED) is 0.594. The first-order valence-electron chi connectivity index (χ1n) is 13.7. The molecule has 5 fully saturated rings. The van der Waals surface area contributed by atoms with E-state index in [9.17, 15) is 14.7 Å². The number of aliphatic hydroxyl groups excluding tert-OH is 1. The van der Waals surface area contributed by atoms with Crippen molar-refractivity contribution in [1.82, 2.24) is 0 Å². The van der Waals surface area contributed by atoms with Crippen molar-refractivity contribution in [2.75, 3.05) is 12.0 Å². The summed E-state index contributed by atoms with van der Waals surface area (Å²) in [7, 11) is 0. The lowest BCUT2D eigenvalue weighted by atomic mass is 9.46. The van der Waals surface area contributed by atoms with Gasteiger partial charge in [-0.15, -0.1) is 0 Å². The lowest BCUT2D eigenvalue weighted by molar-refractivity contribution is -0.207. The Morgan fingerprint density at radius 2 is 1.97 bits per heavy atom. The molecule has 1 N–H and O–H groups in total. The molecule has 0 unspecified atom stereocenters. The fraction of sp³-hybridized carbons (Fsp3) is 0.793. The molecule has 1 aliphatic heterocycles. The maximum absolute atomic E-state index is 14.0. The number of carbonyl (C=O) groups excluding carboxylic acids is 2. The first-order valence-corrected chi connectivity index (χ1v) is 15.1. The predicted octanol–water partition coefficient (Wildman–Crippen LogP) is 4.87. The molecule has 6 aliphatic rings. The first-order chi connectivity index (χ1) is 16.7. The fourth-order valence-electron chi connectivity index (χ4n) is 9.45. The summed E-state index contributed by atoms with van der Waals surface area (Å²) in [6.45, 7) is 4.41. The van der Waals surface area contributed by atoms with Gasteiger partial charge in [-0.25, -0.2) is 0 Å². The first kappa shape index (κ1) is 24.4. The van der Waals surface area contributed by atoms with Crippen LogP contribution in [0.4, 0.5) is 0 Å². The number of allylic oxidation sites excluding steroid dienone is 4. The van der Waals surface area contributed by atoms with Gasteiger partial charge in [0.05, 0.1) is 18.0 Å². The number of hydrogen-bond acceptors (Lipinski definition) is 6. The molecule has 1 heterocycles. The average Bonchev–Trinajstić information content (AvgIpc) is 3.33. The van der Waals surface area contributed by atoms with E-state index < -0.39 is 17.1 Å². The molecule has 0 aromatic heterocycles. The summed E-state index contributed by atoms with van der Waals surface area (Å²) < 4.78 is 13.6. The Balaban J connectivity index is 1.37. The molecule has 1 saturated heterocycles. The largest absolute Gasteiger partial charge is 0.393 e. The highest BCUT2D eigenvalue weighted by Crippen LogP contribution is 2.70. The SMILES string of the molecule is CSCC(=O)[C@@]12O[C@H](C3CCCCC3)O[C@@H]1C[C@H]1[C@@H]3CCC4=CC(=O)C=C[C@]4(C)[C@H]3[C@@H](O)C[C@@]12C. The lowest BCUT2D eigenvalue weighted by Crippen LogP contribution is -2.63. The van der Waals surface area contributed by atoms with Crippen LogP contribution < -0.4 is 0 Å². The van der Waals surface area contributed by atoms with Gasteiger partial charge in [-0.05, 0) is 68.8 Å². The molecule has 0 spiro atoms. The van der Waals surface area contributed by atoms with Crippen LogP contribution in [0.15, 0.2) is 23.8 Å². The summed E-state index contributed by atoms with van der Waals surface area (Å²) in [6.07, 6.45) is 15.5. The molecule has 0 aromatic carbocycles. The van der Waals surface area contributed by atoms with Gasteiger partial charge in [0.25, 0.3) is 0 Å². The normalized spacial score (nSPS) is 49.1. The highest BCUT2D eigenvalue weighted by Gasteiger charge is 2.76. The van der Waals surface area contributed by atoms with Gasteiger partial charge in [0.15, 0.2) is 23.5 Å². The second-order valence-electron chi connectivity index (χ2n) is 12.5. The van der Waals surface area contributed by atoms with Crippen LogP contribution in [0.1, 0.15) is 71.6 Å². The van der Waals surface area contributed by atoms with Crippen molar-refractivity contribution in [3.8, 4) is 0 Å². The van der Waals surface area contributed by atoms with Crippen molar-refractivity contribution in [3.63, 3.8) is 0 Å². The van der Waals surface area contributed by atoms with Crippen molar-refractivity contribution in [1.29, 1.82) is 0 Å². The predicted molar refractivity (Wildman–Crippen MR) is 136 cm³/mol. The second kappa shape index (κ2) is 8.54. The number of ketones is 2. The van der Waals surface area contributed by atoms with Gasteiger partial charge in [-0.3, -0.25) is 9.59 Å². The van der Waals surface area contributed by atoms with E-state index in [2.05, 4.69) is 13.8 Å². The molecule has 0 amide bonds. The average molecular weight is 501 g/mol. The highest BCUT2D eigenvalue weighted by atomic mass is 32.2. The summed E-state index contributed by atoms with van der Waals surface area (Å²) >= 11 is 1.56. The third kappa shape index (κ3) is 3.31. The van der Waals surface area contributed by atoms with Gasteiger partial charge in [0, 0.05) is 22.7 Å². The number of ether oxygens (including phenoxy) is 2. The number of hydrogen-bond donors (Lipinski definition) is 1. The van der Waals surface area contributed by atoms with Crippen LogP contribution in [0.3, 0.4) is 0 Å². The van der Waals surface area contributed by atoms with Crippen LogP contribution in [-0.4, -0.2) is 52.8 Å². The highest BCUT2D eigenvalue weighted by molar-refractivity contribution is 7.99. The molecule has 0 radical (unpaired) electrons. The van der Waals surface area contributed by atoms with Crippen LogP contribution in [0.5, 0.6) is 0 Å². The zero-order valence-electron chi connectivity index (χ0n) is 21.3. The van der Waals surface area contributed by atoms with Crippen LogP contribution in [0, 0.1) is 34.5 Å². The van der Waals surface area contributed by atoms with E-state index in [0.717, 1.165) is 37.7 Å². The Morgan fingerprint density at radius 3 is 2.71 bits per heavy atom. The van der Waals surface area contributed by atoms with Crippen LogP contribution in [-0.2, 0) is 19.1 Å². The molecule has 9 atom stereocenters. The number of thioether (sulfide) groups is 1. The minimum Gasteiger partial charge on any atom is -0.393 e. The number of fused-ring (bicyclic) bond motifs is 7. The van der Waals surface area contributed by atoms with Gasteiger partial charge in [0.1, 0.15) is 0 Å². The van der Waals surface area contributed by atoms with E-state index in [4.69, 9.17) is 9.47 Å². The molecule has 6 heteroatoms. The fourth-order valence-corrected chi connectivity index (χ4v) is 9.93. The van der Waals surface area contributed by atoms with E-state index >= 15 is 0 Å². The smallest absolute Gasteiger partial charge is 0.178 e.